The van der Waals surface area contributed by atoms with Crippen LogP contribution in [0, 0.1) is 0 Å². The summed E-state index contributed by atoms with van der Waals surface area (Å²) in [6.45, 7) is 0.522. The van der Waals surface area contributed by atoms with Crippen LogP contribution >= 0.6 is 0 Å². The molecule has 0 bridgehead atoms. The highest BCUT2D eigenvalue weighted by Gasteiger charge is 2.08. The molecule has 4 rings (SSSR count). The van der Waals surface area contributed by atoms with Gasteiger partial charge in [0.25, 0.3) is 5.91 Å². The van der Waals surface area contributed by atoms with Crippen molar-refractivity contribution in [3.05, 3.63) is 90.7 Å². The number of benzene rings is 2. The molecule has 6 nitrogen and oxygen atoms in total. The van der Waals surface area contributed by atoms with Gasteiger partial charge in [0.2, 0.25) is 0 Å². The smallest absolute Gasteiger partial charge is 0.251 e. The lowest BCUT2D eigenvalue weighted by Crippen LogP contribution is -2.25. The van der Waals surface area contributed by atoms with E-state index in [2.05, 4.69) is 15.4 Å². The summed E-state index contributed by atoms with van der Waals surface area (Å²) in [6.07, 6.45) is 5.62. The largest absolute Gasteiger partial charge is 0.444 e. The van der Waals surface area contributed by atoms with Gasteiger partial charge in [-0.3, -0.25) is 4.79 Å². The van der Waals surface area contributed by atoms with Crippen LogP contribution in [-0.4, -0.2) is 27.2 Å². The summed E-state index contributed by atoms with van der Waals surface area (Å²) in [6, 6.07) is 19.1. The zero-order chi connectivity index (χ0) is 18.5. The predicted octanol–water partition coefficient (Wildman–Crippen LogP) is 3.50. The second kappa shape index (κ2) is 7.70. The summed E-state index contributed by atoms with van der Waals surface area (Å²) in [7, 11) is 0. The van der Waals surface area contributed by atoms with Crippen molar-refractivity contribution >= 4 is 5.91 Å². The Morgan fingerprint density at radius 2 is 1.85 bits per heavy atom. The lowest BCUT2D eigenvalue weighted by atomic mass is 10.1. The normalized spacial score (nSPS) is 10.7. The first-order valence-corrected chi connectivity index (χ1v) is 8.67. The third-order valence-electron chi connectivity index (χ3n) is 4.20. The van der Waals surface area contributed by atoms with E-state index in [0.29, 0.717) is 24.3 Å². The lowest BCUT2D eigenvalue weighted by molar-refractivity contribution is 0.0954. The molecule has 6 heteroatoms. The van der Waals surface area contributed by atoms with Gasteiger partial charge in [0.15, 0.2) is 12.2 Å². The molecule has 1 amide bonds. The van der Waals surface area contributed by atoms with E-state index in [0.717, 1.165) is 16.9 Å². The van der Waals surface area contributed by atoms with E-state index in [1.165, 1.54) is 6.39 Å². The van der Waals surface area contributed by atoms with Crippen LogP contribution < -0.4 is 5.32 Å². The second-order valence-corrected chi connectivity index (χ2v) is 6.04. The fourth-order valence-electron chi connectivity index (χ4n) is 2.77. The number of aromatic nitrogens is 3. The molecule has 27 heavy (non-hydrogen) atoms. The number of carbonyl (C=O) groups excluding carboxylic acids is 1. The zero-order valence-electron chi connectivity index (χ0n) is 14.6. The SMILES string of the molecule is O=C(NCCc1ccn(-c2ccccc2)n1)c1ccc(-c2cnco2)cc1. The molecule has 0 aliphatic rings. The number of oxazole rings is 1. The molecular weight excluding hydrogens is 340 g/mol. The maximum atomic E-state index is 12.3. The Hall–Kier alpha value is -3.67. The summed E-state index contributed by atoms with van der Waals surface area (Å²) in [4.78, 5) is 16.2. The molecule has 0 radical (unpaired) electrons. The molecule has 0 saturated heterocycles. The van der Waals surface area contributed by atoms with E-state index in [-0.39, 0.29) is 5.91 Å². The first-order chi connectivity index (χ1) is 13.3. The Labute approximate surface area is 156 Å². The first-order valence-electron chi connectivity index (χ1n) is 8.67. The fourth-order valence-corrected chi connectivity index (χ4v) is 2.77. The van der Waals surface area contributed by atoms with E-state index in [9.17, 15) is 4.79 Å². The molecular formula is C21H18N4O2. The van der Waals surface area contributed by atoms with E-state index in [4.69, 9.17) is 4.42 Å². The van der Waals surface area contributed by atoms with Crippen LogP contribution in [0.4, 0.5) is 0 Å². The molecule has 1 N–H and O–H groups in total. The Morgan fingerprint density at radius 3 is 2.59 bits per heavy atom. The van der Waals surface area contributed by atoms with Crippen molar-refractivity contribution < 1.29 is 9.21 Å². The molecule has 0 aliphatic heterocycles. The third-order valence-corrected chi connectivity index (χ3v) is 4.20. The average Bonchev–Trinajstić information content (AvgIpc) is 3.41. The molecule has 0 spiro atoms. The number of amides is 1. The van der Waals surface area contributed by atoms with E-state index in [1.54, 1.807) is 18.3 Å². The quantitative estimate of drug-likeness (QED) is 0.572. The topological polar surface area (TPSA) is 73.0 Å². The lowest BCUT2D eigenvalue weighted by Gasteiger charge is -2.05. The Kier molecular flexibility index (Phi) is 4.78. The number of para-hydroxylation sites is 1. The minimum absolute atomic E-state index is 0.110. The second-order valence-electron chi connectivity index (χ2n) is 6.04. The zero-order valence-corrected chi connectivity index (χ0v) is 14.6. The maximum absolute atomic E-state index is 12.3. The van der Waals surface area contributed by atoms with Crippen LogP contribution in [0.1, 0.15) is 16.1 Å². The molecule has 0 aliphatic carbocycles. The number of nitrogens with one attached hydrogen (secondary N) is 1. The fraction of sp³-hybridized carbons (Fsp3) is 0.0952. The van der Waals surface area contributed by atoms with Crippen LogP contribution in [0.3, 0.4) is 0 Å². The number of hydrogen-bond donors (Lipinski definition) is 1. The van der Waals surface area contributed by atoms with Crippen LogP contribution in [0.5, 0.6) is 0 Å². The summed E-state index contributed by atoms with van der Waals surface area (Å²) in [5, 5.41) is 7.47. The van der Waals surface area contributed by atoms with Gasteiger partial charge in [-0.2, -0.15) is 5.10 Å². The van der Waals surface area contributed by atoms with Crippen molar-refractivity contribution in [1.82, 2.24) is 20.1 Å². The van der Waals surface area contributed by atoms with E-state index in [1.807, 2.05) is 59.4 Å². The third kappa shape index (κ3) is 3.95. The summed E-state index contributed by atoms with van der Waals surface area (Å²) >= 11 is 0. The predicted molar refractivity (Wildman–Crippen MR) is 102 cm³/mol. The van der Waals surface area contributed by atoms with E-state index >= 15 is 0 Å². The molecule has 0 unspecified atom stereocenters. The Balaban J connectivity index is 1.31. The molecule has 2 heterocycles. The van der Waals surface area contributed by atoms with Crippen LogP contribution in [0.2, 0.25) is 0 Å². The Morgan fingerprint density at radius 1 is 1.04 bits per heavy atom. The molecule has 0 saturated carbocycles. The van der Waals surface area contributed by atoms with Gasteiger partial charge in [0.1, 0.15) is 0 Å². The number of rotatable bonds is 6. The first kappa shape index (κ1) is 16.8. The van der Waals surface area contributed by atoms with Gasteiger partial charge in [0.05, 0.1) is 17.6 Å². The van der Waals surface area contributed by atoms with Gasteiger partial charge in [-0.25, -0.2) is 9.67 Å². The van der Waals surface area contributed by atoms with Gasteiger partial charge in [0, 0.05) is 30.3 Å². The van der Waals surface area contributed by atoms with Crippen molar-refractivity contribution in [2.45, 2.75) is 6.42 Å². The molecule has 0 fully saturated rings. The van der Waals surface area contributed by atoms with Crippen LogP contribution in [0.25, 0.3) is 17.0 Å². The summed E-state index contributed by atoms with van der Waals surface area (Å²) in [5.74, 6) is 0.567. The van der Waals surface area contributed by atoms with E-state index < -0.39 is 0 Å². The summed E-state index contributed by atoms with van der Waals surface area (Å²) in [5.41, 5.74) is 3.43. The van der Waals surface area contributed by atoms with Gasteiger partial charge >= 0.3 is 0 Å². The van der Waals surface area contributed by atoms with Gasteiger partial charge in [-0.1, -0.05) is 30.3 Å². The van der Waals surface area contributed by atoms with Gasteiger partial charge < -0.3 is 9.73 Å². The summed E-state index contributed by atoms with van der Waals surface area (Å²) < 4.78 is 7.08. The number of hydrogen-bond acceptors (Lipinski definition) is 4. The maximum Gasteiger partial charge on any atom is 0.251 e. The molecule has 0 atom stereocenters. The Bertz CT molecular complexity index is 1010. The van der Waals surface area contributed by atoms with Gasteiger partial charge in [-0.05, 0) is 30.3 Å². The standard InChI is InChI=1S/C21H18N4O2/c26-21(17-8-6-16(7-9-17)20-14-22-15-27-20)23-12-10-18-11-13-25(24-18)19-4-2-1-3-5-19/h1-9,11,13-15H,10,12H2,(H,23,26). The monoisotopic (exact) mass is 358 g/mol. The highest BCUT2D eigenvalue weighted by atomic mass is 16.3. The molecule has 2 aromatic heterocycles. The van der Waals surface area contributed by atoms with Crippen molar-refractivity contribution in [3.63, 3.8) is 0 Å². The molecule has 2 aromatic carbocycles. The van der Waals surface area contributed by atoms with Crippen molar-refractivity contribution in [2.75, 3.05) is 6.54 Å². The average molecular weight is 358 g/mol. The van der Waals surface area contributed by atoms with Crippen molar-refractivity contribution in [1.29, 1.82) is 0 Å². The van der Waals surface area contributed by atoms with Crippen LogP contribution in [-0.2, 0) is 6.42 Å². The van der Waals surface area contributed by atoms with Crippen LogP contribution in [0.15, 0.2) is 83.9 Å². The van der Waals surface area contributed by atoms with Crippen molar-refractivity contribution in [3.8, 4) is 17.0 Å². The van der Waals surface area contributed by atoms with Gasteiger partial charge in [-0.15, -0.1) is 0 Å². The molecule has 4 aromatic rings. The number of nitrogens with zero attached hydrogens (tertiary/aromatic N) is 3. The number of carbonyl (C=O) groups is 1. The highest BCUT2D eigenvalue weighted by Crippen LogP contribution is 2.18. The minimum Gasteiger partial charge on any atom is -0.444 e. The minimum atomic E-state index is -0.110. The molecule has 134 valence electrons. The highest BCUT2D eigenvalue weighted by molar-refractivity contribution is 5.94. The van der Waals surface area contributed by atoms with Crippen molar-refractivity contribution in [2.24, 2.45) is 0 Å².